The lowest BCUT2D eigenvalue weighted by Gasteiger charge is -2.27. The molecule has 0 aliphatic heterocycles. The van der Waals surface area contributed by atoms with Gasteiger partial charge in [-0.2, -0.15) is 25.3 Å². The van der Waals surface area contributed by atoms with Gasteiger partial charge in [0.1, 0.15) is 36.3 Å². The molecule has 0 aromatic carbocycles. The van der Waals surface area contributed by atoms with Crippen molar-refractivity contribution in [3.63, 3.8) is 0 Å². The molecule has 8 atom stereocenters. The summed E-state index contributed by atoms with van der Waals surface area (Å²) in [6, 6.07) is -9.09. The zero-order valence-corrected chi connectivity index (χ0v) is 30.3. The normalized spacial score (nSPS) is 15.8. The SMILES string of the molecule is CC(C)C[C@H](NC(=O)[C@@H](NC(=O)[C@H](C)NC(=O)[C@H](CO)NC(=O)[C@H](CCCN=C(N)N)NC(=O)[C@@H](N)CS)[C@@H](C)O)C(=O)N[C@@H](CS)C(N)=O. The van der Waals surface area contributed by atoms with E-state index in [1.54, 1.807) is 13.8 Å². The summed E-state index contributed by atoms with van der Waals surface area (Å²) in [7, 11) is 0. The third kappa shape index (κ3) is 17.2. The summed E-state index contributed by atoms with van der Waals surface area (Å²) >= 11 is 7.94. The molecule has 0 radical (unpaired) electrons. The molecule has 0 aliphatic rings. The average molecular weight is 752 g/mol. The highest BCUT2D eigenvalue weighted by Crippen LogP contribution is 2.08. The maximum absolute atomic E-state index is 13.2. The molecule has 0 aliphatic carbocycles. The van der Waals surface area contributed by atoms with Crippen molar-refractivity contribution in [3.8, 4) is 0 Å². The molecule has 0 bridgehead atoms. The van der Waals surface area contributed by atoms with Crippen LogP contribution in [0.25, 0.3) is 0 Å². The predicted octanol–water partition coefficient (Wildman–Crippen LogP) is -5.94. The first kappa shape index (κ1) is 46.1. The molecule has 0 saturated heterocycles. The van der Waals surface area contributed by atoms with E-state index in [4.69, 9.17) is 22.9 Å². The maximum Gasteiger partial charge on any atom is 0.245 e. The first-order valence-corrected chi connectivity index (χ1v) is 17.0. The van der Waals surface area contributed by atoms with E-state index in [0.717, 1.165) is 0 Å². The number of carbonyl (C=O) groups is 7. The molecule has 0 aromatic rings. The van der Waals surface area contributed by atoms with Gasteiger partial charge >= 0.3 is 0 Å². The molecule has 0 fully saturated rings. The van der Waals surface area contributed by atoms with E-state index in [0.29, 0.717) is 0 Å². The van der Waals surface area contributed by atoms with Crippen molar-refractivity contribution in [2.24, 2.45) is 33.8 Å². The van der Waals surface area contributed by atoms with Crippen molar-refractivity contribution in [1.82, 2.24) is 31.9 Å². The zero-order valence-electron chi connectivity index (χ0n) is 28.5. The summed E-state index contributed by atoms with van der Waals surface area (Å²) in [6.45, 7) is 5.23. The number of primary amides is 1. The van der Waals surface area contributed by atoms with Crippen LogP contribution in [-0.2, 0) is 33.6 Å². The molecule has 286 valence electrons. The molecule has 0 rings (SSSR count). The molecular formula is C28H53N11O9S2. The summed E-state index contributed by atoms with van der Waals surface area (Å²) in [5.74, 6) is -6.41. The molecule has 0 aromatic heterocycles. The van der Waals surface area contributed by atoms with Gasteiger partial charge in [0.25, 0.3) is 0 Å². The van der Waals surface area contributed by atoms with E-state index in [2.05, 4.69) is 62.2 Å². The van der Waals surface area contributed by atoms with Gasteiger partial charge in [0.2, 0.25) is 41.4 Å². The van der Waals surface area contributed by atoms with E-state index in [9.17, 15) is 43.8 Å². The number of aliphatic hydroxyl groups is 2. The van der Waals surface area contributed by atoms with Crippen molar-refractivity contribution in [1.29, 1.82) is 0 Å². The highest BCUT2D eigenvalue weighted by atomic mass is 32.1. The number of amides is 7. The molecule has 0 heterocycles. The van der Waals surface area contributed by atoms with Crippen LogP contribution in [0, 0.1) is 5.92 Å². The second-order valence-corrected chi connectivity index (χ2v) is 12.6. The Bertz CT molecular complexity index is 1210. The van der Waals surface area contributed by atoms with Crippen LogP contribution in [0.4, 0.5) is 0 Å². The number of carbonyl (C=O) groups excluding carboxylic acids is 7. The Morgan fingerprint density at radius 3 is 1.68 bits per heavy atom. The molecule has 0 spiro atoms. The number of aliphatic hydroxyl groups excluding tert-OH is 2. The van der Waals surface area contributed by atoms with E-state index >= 15 is 0 Å². The van der Waals surface area contributed by atoms with Crippen LogP contribution in [0.1, 0.15) is 47.0 Å². The van der Waals surface area contributed by atoms with Crippen LogP contribution in [0.5, 0.6) is 0 Å². The lowest BCUT2D eigenvalue weighted by molar-refractivity contribution is -0.137. The topological polar surface area (TPSA) is 349 Å². The van der Waals surface area contributed by atoms with Crippen LogP contribution in [0.3, 0.4) is 0 Å². The first-order valence-electron chi connectivity index (χ1n) is 15.7. The molecule has 16 N–H and O–H groups in total. The van der Waals surface area contributed by atoms with Gasteiger partial charge in [-0.25, -0.2) is 0 Å². The quantitative estimate of drug-likeness (QED) is 0.0201. The van der Waals surface area contributed by atoms with E-state index in [-0.39, 0.29) is 49.2 Å². The zero-order chi connectivity index (χ0) is 38.7. The van der Waals surface area contributed by atoms with Crippen molar-refractivity contribution in [2.75, 3.05) is 24.7 Å². The number of nitrogens with two attached hydrogens (primary N) is 4. The van der Waals surface area contributed by atoms with Crippen LogP contribution in [-0.4, -0.2) is 131 Å². The first-order chi connectivity index (χ1) is 23.3. The summed E-state index contributed by atoms with van der Waals surface area (Å²) in [5, 5.41) is 34.4. The van der Waals surface area contributed by atoms with Gasteiger partial charge in [0.05, 0.1) is 18.8 Å². The number of nitrogens with zero attached hydrogens (tertiary/aromatic N) is 1. The largest absolute Gasteiger partial charge is 0.394 e. The molecule has 0 saturated carbocycles. The Balaban J connectivity index is 5.66. The summed E-state index contributed by atoms with van der Waals surface area (Å²) in [6.07, 6.45) is -1.08. The van der Waals surface area contributed by atoms with Crippen molar-refractivity contribution < 1.29 is 43.8 Å². The minimum absolute atomic E-state index is 0.0188. The van der Waals surface area contributed by atoms with Gasteiger partial charge in [0, 0.05) is 18.1 Å². The number of nitrogens with one attached hydrogen (secondary N) is 6. The Morgan fingerprint density at radius 2 is 1.20 bits per heavy atom. The lowest BCUT2D eigenvalue weighted by Crippen LogP contribution is -2.61. The Kier molecular flexibility index (Phi) is 21.7. The summed E-state index contributed by atoms with van der Waals surface area (Å²) in [4.78, 5) is 92.8. The van der Waals surface area contributed by atoms with Crippen LogP contribution in [0.15, 0.2) is 4.99 Å². The number of rotatable bonds is 23. The molecule has 7 amide bonds. The van der Waals surface area contributed by atoms with Gasteiger partial charge in [-0.1, -0.05) is 13.8 Å². The van der Waals surface area contributed by atoms with Gasteiger partial charge < -0.3 is 65.0 Å². The maximum atomic E-state index is 13.2. The van der Waals surface area contributed by atoms with E-state index < -0.39 is 96.4 Å². The predicted molar refractivity (Wildman–Crippen MR) is 190 cm³/mol. The number of hydrogen-bond donors (Lipinski definition) is 14. The number of guanidine groups is 1. The third-order valence-corrected chi connectivity index (χ3v) is 7.68. The van der Waals surface area contributed by atoms with Crippen LogP contribution < -0.4 is 54.8 Å². The number of hydrogen-bond acceptors (Lipinski definition) is 13. The molecule has 20 nitrogen and oxygen atoms in total. The minimum atomic E-state index is -1.60. The van der Waals surface area contributed by atoms with Crippen LogP contribution >= 0.6 is 25.3 Å². The Labute approximate surface area is 301 Å². The van der Waals surface area contributed by atoms with Crippen molar-refractivity contribution in [3.05, 3.63) is 0 Å². The van der Waals surface area contributed by atoms with E-state index in [1.165, 1.54) is 13.8 Å². The Morgan fingerprint density at radius 1 is 0.680 bits per heavy atom. The summed E-state index contributed by atoms with van der Waals surface area (Å²) < 4.78 is 0. The lowest BCUT2D eigenvalue weighted by atomic mass is 10.0. The van der Waals surface area contributed by atoms with Crippen LogP contribution in [0.2, 0.25) is 0 Å². The fourth-order valence-corrected chi connectivity index (χ4v) is 4.54. The number of aliphatic imine (C=N–C) groups is 1. The van der Waals surface area contributed by atoms with Crippen molar-refractivity contribution >= 4 is 72.6 Å². The Hall–Kier alpha value is -3.86. The highest BCUT2D eigenvalue weighted by Gasteiger charge is 2.34. The average Bonchev–Trinajstić information content (AvgIpc) is 3.03. The number of thiol groups is 2. The second kappa shape index (κ2) is 23.5. The standard InChI is InChI=1S/C28H53N11O9S2/c1-12(2)8-17(25(46)38-19(11-50)21(30)42)36-27(48)20(14(4)41)39-22(43)13(3)34-26(47)18(9-40)37-24(45)16(6-5-7-33-28(31)32)35-23(44)15(29)10-49/h12-20,40-41,49-50H,5-11,29H2,1-4H3,(H2,30,42)(H,34,47)(H,35,44)(H,36,48)(H,37,45)(H,38,46)(H,39,43)(H4,31,32,33)/t13-,14+,15-,16-,17-,18-,19-,20-/m0/s1. The van der Waals surface area contributed by atoms with E-state index in [1.807, 2.05) is 0 Å². The summed E-state index contributed by atoms with van der Waals surface area (Å²) in [5.41, 5.74) is 21.6. The highest BCUT2D eigenvalue weighted by molar-refractivity contribution is 7.80. The molecule has 22 heteroatoms. The molecule has 50 heavy (non-hydrogen) atoms. The van der Waals surface area contributed by atoms with Gasteiger partial charge in [-0.05, 0) is 39.0 Å². The van der Waals surface area contributed by atoms with Gasteiger partial charge in [-0.15, -0.1) is 0 Å². The molecular weight excluding hydrogens is 699 g/mol. The van der Waals surface area contributed by atoms with Crippen molar-refractivity contribution in [2.45, 2.75) is 95.4 Å². The monoisotopic (exact) mass is 751 g/mol. The van der Waals surface area contributed by atoms with Gasteiger partial charge in [0.15, 0.2) is 5.96 Å². The second-order valence-electron chi connectivity index (χ2n) is 11.8. The fraction of sp³-hybridized carbons (Fsp3) is 0.714. The minimum Gasteiger partial charge on any atom is -0.394 e. The molecule has 0 unspecified atom stereocenters. The third-order valence-electron chi connectivity index (χ3n) is 6.92. The smallest absolute Gasteiger partial charge is 0.245 e. The van der Waals surface area contributed by atoms with Gasteiger partial charge in [-0.3, -0.25) is 38.6 Å². The fourth-order valence-electron chi connectivity index (χ4n) is 4.11.